The van der Waals surface area contributed by atoms with Crippen LogP contribution < -0.4 is 11.1 Å². The van der Waals surface area contributed by atoms with Crippen LogP contribution in [0.1, 0.15) is 40.0 Å². The number of unbranched alkanes of at least 4 members (excludes halogenated alkanes) is 1. The monoisotopic (exact) mass is 274 g/mol. The molecule has 0 aromatic rings. The van der Waals surface area contributed by atoms with Gasteiger partial charge in [-0.05, 0) is 33.6 Å². The van der Waals surface area contributed by atoms with Crippen molar-refractivity contribution in [2.24, 2.45) is 5.73 Å². The van der Waals surface area contributed by atoms with Crippen molar-refractivity contribution in [2.45, 2.75) is 57.3 Å². The van der Waals surface area contributed by atoms with Crippen LogP contribution in [0.4, 0.5) is 4.79 Å². The highest BCUT2D eigenvalue weighted by Gasteiger charge is 2.41. The van der Waals surface area contributed by atoms with Crippen LogP contribution in [0.3, 0.4) is 0 Å². The Balaban J connectivity index is 2.03. The number of nitrogens with two attached hydrogens (primary N) is 1. The number of carbonyl (C=O) groups is 1. The average Bonchev–Trinajstić information content (AvgIpc) is 2.22. The van der Waals surface area contributed by atoms with Crippen LogP contribution >= 0.6 is 0 Å². The van der Waals surface area contributed by atoms with Crippen LogP contribution in [0, 0.1) is 0 Å². The van der Waals surface area contributed by atoms with Crippen molar-refractivity contribution in [1.29, 1.82) is 0 Å². The van der Waals surface area contributed by atoms with Gasteiger partial charge in [0, 0.05) is 12.6 Å². The van der Waals surface area contributed by atoms with Gasteiger partial charge < -0.3 is 25.6 Å². The van der Waals surface area contributed by atoms with Gasteiger partial charge in [0.15, 0.2) is 0 Å². The second kappa shape index (κ2) is 6.54. The van der Waals surface area contributed by atoms with Gasteiger partial charge in [-0.25, -0.2) is 4.79 Å². The first-order valence-corrected chi connectivity index (χ1v) is 6.75. The quantitative estimate of drug-likeness (QED) is 0.622. The van der Waals surface area contributed by atoms with Gasteiger partial charge in [-0.3, -0.25) is 0 Å². The van der Waals surface area contributed by atoms with Crippen molar-refractivity contribution in [3.8, 4) is 0 Å². The fourth-order valence-corrected chi connectivity index (χ4v) is 1.79. The van der Waals surface area contributed by atoms with Crippen LogP contribution in [0.2, 0.25) is 0 Å². The summed E-state index contributed by atoms with van der Waals surface area (Å²) in [6.45, 7) is 6.68. The van der Waals surface area contributed by atoms with Gasteiger partial charge in [0.2, 0.25) is 0 Å². The fraction of sp³-hybridized carbons (Fsp3) is 0.923. The fourth-order valence-electron chi connectivity index (χ4n) is 1.79. The summed E-state index contributed by atoms with van der Waals surface area (Å²) in [6.07, 6.45) is 1.97. The second-order valence-electron chi connectivity index (χ2n) is 6.13. The average molecular weight is 274 g/mol. The van der Waals surface area contributed by atoms with Gasteiger partial charge in [-0.15, -0.1) is 0 Å². The maximum absolute atomic E-state index is 11.4. The zero-order valence-corrected chi connectivity index (χ0v) is 12.1. The summed E-state index contributed by atoms with van der Waals surface area (Å²) in [6, 6.07) is -0.261. The lowest BCUT2D eigenvalue weighted by atomic mass is 9.89. The van der Waals surface area contributed by atoms with E-state index in [1.165, 1.54) is 0 Å². The first-order chi connectivity index (χ1) is 8.73. The number of hydrogen-bond donors (Lipinski definition) is 3. The van der Waals surface area contributed by atoms with Crippen LogP contribution in [0.5, 0.6) is 0 Å². The largest absolute Gasteiger partial charge is 0.444 e. The van der Waals surface area contributed by atoms with E-state index in [1.807, 2.05) is 20.8 Å². The van der Waals surface area contributed by atoms with Gasteiger partial charge in [0.05, 0.1) is 13.2 Å². The zero-order valence-electron chi connectivity index (χ0n) is 12.1. The number of aliphatic hydroxyl groups is 1. The molecular weight excluding hydrogens is 248 g/mol. The number of alkyl carbamates (subject to hydrolysis) is 1. The molecule has 6 heteroatoms. The van der Waals surface area contributed by atoms with Gasteiger partial charge >= 0.3 is 6.09 Å². The number of carbonyl (C=O) groups excluding carboxylic acids is 1. The molecule has 1 rings (SSSR count). The van der Waals surface area contributed by atoms with Gasteiger partial charge in [0.1, 0.15) is 11.2 Å². The van der Waals surface area contributed by atoms with Gasteiger partial charge in [-0.2, -0.15) is 0 Å². The Kier molecular flexibility index (Phi) is 5.58. The first-order valence-electron chi connectivity index (χ1n) is 6.75. The lowest BCUT2D eigenvalue weighted by Gasteiger charge is -2.41. The summed E-state index contributed by atoms with van der Waals surface area (Å²) < 4.78 is 10.1. The van der Waals surface area contributed by atoms with E-state index < -0.39 is 17.3 Å². The molecule has 0 aromatic heterocycles. The maximum atomic E-state index is 11.4. The van der Waals surface area contributed by atoms with Crippen molar-refractivity contribution >= 4 is 6.09 Å². The predicted molar refractivity (Wildman–Crippen MR) is 71.8 cm³/mol. The molecule has 4 N–H and O–H groups in total. The summed E-state index contributed by atoms with van der Waals surface area (Å²) in [4.78, 5) is 11.4. The molecule has 0 bridgehead atoms. The van der Waals surface area contributed by atoms with Gasteiger partial charge in [-0.1, -0.05) is 6.42 Å². The molecule has 1 fully saturated rings. The van der Waals surface area contributed by atoms with Crippen molar-refractivity contribution in [2.75, 3.05) is 19.8 Å². The third kappa shape index (κ3) is 5.76. The zero-order chi connectivity index (χ0) is 14.5. The lowest BCUT2D eigenvalue weighted by Crippen LogP contribution is -2.61. The molecule has 0 unspecified atom stereocenters. The Morgan fingerprint density at radius 2 is 2.11 bits per heavy atom. The summed E-state index contributed by atoms with van der Waals surface area (Å²) in [5.74, 6) is 0. The standard InChI is InChI=1S/C13H26N2O4/c1-12(2,3)19-11(16)15-7-5-4-6-10(14)13(17)8-18-9-13/h10,17H,4-9,14H2,1-3H3,(H,15,16)/t10-/m0/s1. The highest BCUT2D eigenvalue weighted by Crippen LogP contribution is 2.22. The molecule has 112 valence electrons. The third-order valence-electron chi connectivity index (χ3n) is 3.00. The van der Waals surface area contributed by atoms with Crippen LogP contribution in [0.15, 0.2) is 0 Å². The van der Waals surface area contributed by atoms with Crippen LogP contribution in [-0.4, -0.2) is 48.2 Å². The summed E-state index contributed by atoms with van der Waals surface area (Å²) >= 11 is 0. The Bertz CT molecular complexity index is 298. The molecular formula is C13H26N2O4. The minimum atomic E-state index is -0.849. The molecule has 1 amide bonds. The third-order valence-corrected chi connectivity index (χ3v) is 3.00. The van der Waals surface area contributed by atoms with E-state index >= 15 is 0 Å². The highest BCUT2D eigenvalue weighted by molar-refractivity contribution is 5.67. The Labute approximate surface area is 114 Å². The molecule has 0 aromatic carbocycles. The maximum Gasteiger partial charge on any atom is 0.407 e. The normalized spacial score (nSPS) is 19.4. The Morgan fingerprint density at radius 1 is 1.47 bits per heavy atom. The minimum absolute atomic E-state index is 0.261. The number of amides is 1. The van der Waals surface area contributed by atoms with E-state index in [-0.39, 0.29) is 6.04 Å². The Hall–Kier alpha value is -0.850. The second-order valence-corrected chi connectivity index (χ2v) is 6.13. The molecule has 6 nitrogen and oxygen atoms in total. The van der Waals surface area contributed by atoms with E-state index in [4.69, 9.17) is 15.2 Å². The molecule has 0 radical (unpaired) electrons. The van der Waals surface area contributed by atoms with Gasteiger partial charge in [0.25, 0.3) is 0 Å². The molecule has 1 saturated heterocycles. The summed E-state index contributed by atoms with van der Waals surface area (Å²) in [5.41, 5.74) is 4.58. The topological polar surface area (TPSA) is 93.8 Å². The molecule has 1 atom stereocenters. The molecule has 1 aliphatic heterocycles. The van der Waals surface area contributed by atoms with Crippen molar-refractivity contribution < 1.29 is 19.4 Å². The molecule has 0 spiro atoms. The summed E-state index contributed by atoms with van der Waals surface area (Å²) in [5, 5.41) is 12.6. The SMILES string of the molecule is CC(C)(C)OC(=O)NCCCC[C@H](N)C1(O)COC1. The van der Waals surface area contributed by atoms with E-state index in [2.05, 4.69) is 5.32 Å². The van der Waals surface area contributed by atoms with Crippen molar-refractivity contribution in [1.82, 2.24) is 5.32 Å². The molecule has 0 saturated carbocycles. The van der Waals surface area contributed by atoms with E-state index in [9.17, 15) is 9.90 Å². The Morgan fingerprint density at radius 3 is 2.58 bits per heavy atom. The van der Waals surface area contributed by atoms with E-state index in [0.29, 0.717) is 19.8 Å². The predicted octanol–water partition coefficient (Wildman–Crippen LogP) is 0.770. The number of nitrogens with one attached hydrogen (secondary N) is 1. The van der Waals surface area contributed by atoms with Crippen LogP contribution in [-0.2, 0) is 9.47 Å². The van der Waals surface area contributed by atoms with E-state index in [1.54, 1.807) is 0 Å². The van der Waals surface area contributed by atoms with Crippen molar-refractivity contribution in [3.63, 3.8) is 0 Å². The van der Waals surface area contributed by atoms with Crippen molar-refractivity contribution in [3.05, 3.63) is 0 Å². The molecule has 19 heavy (non-hydrogen) atoms. The number of ether oxygens (including phenoxy) is 2. The number of rotatable bonds is 6. The smallest absolute Gasteiger partial charge is 0.407 e. The minimum Gasteiger partial charge on any atom is -0.444 e. The molecule has 1 aliphatic rings. The summed E-state index contributed by atoms with van der Waals surface area (Å²) in [7, 11) is 0. The lowest BCUT2D eigenvalue weighted by molar-refractivity contribution is -0.190. The molecule has 0 aliphatic carbocycles. The first kappa shape index (κ1) is 16.2. The van der Waals surface area contributed by atoms with E-state index in [0.717, 1.165) is 19.3 Å². The number of hydrogen-bond acceptors (Lipinski definition) is 5. The van der Waals surface area contributed by atoms with Crippen LogP contribution in [0.25, 0.3) is 0 Å². The highest BCUT2D eigenvalue weighted by atomic mass is 16.6. The molecule has 1 heterocycles.